The summed E-state index contributed by atoms with van der Waals surface area (Å²) in [4.78, 5) is 29.6. The van der Waals surface area contributed by atoms with Crippen LogP contribution in [0.3, 0.4) is 0 Å². The van der Waals surface area contributed by atoms with Gasteiger partial charge in [0.1, 0.15) is 11.8 Å². The average Bonchev–Trinajstić information content (AvgIpc) is 3.48. The Bertz CT molecular complexity index is 1210. The second kappa shape index (κ2) is 11.1. The zero-order valence-corrected chi connectivity index (χ0v) is 19.4. The molecule has 2 amide bonds. The normalized spacial score (nSPS) is 11.9. The Balaban J connectivity index is 1.33. The minimum absolute atomic E-state index is 0.193. The van der Waals surface area contributed by atoms with E-state index in [2.05, 4.69) is 21.7 Å². The molecule has 0 bridgehead atoms. The number of benzene rings is 2. The molecule has 3 N–H and O–H groups in total. The number of furan rings is 1. The van der Waals surface area contributed by atoms with Gasteiger partial charge in [-0.3, -0.25) is 9.59 Å². The van der Waals surface area contributed by atoms with Gasteiger partial charge in [-0.15, -0.1) is 11.8 Å². The fraction of sp³-hybridized carbons (Fsp3) is 0.200. The highest BCUT2D eigenvalue weighted by atomic mass is 35.5. The van der Waals surface area contributed by atoms with Crippen molar-refractivity contribution in [1.29, 1.82) is 0 Å². The summed E-state index contributed by atoms with van der Waals surface area (Å²) < 4.78 is 5.39. The van der Waals surface area contributed by atoms with Gasteiger partial charge in [0.15, 0.2) is 0 Å². The van der Waals surface area contributed by atoms with Crippen molar-refractivity contribution in [2.75, 3.05) is 12.3 Å². The van der Waals surface area contributed by atoms with E-state index in [1.807, 2.05) is 36.5 Å². The molecule has 0 radical (unpaired) electrons. The van der Waals surface area contributed by atoms with E-state index in [4.69, 9.17) is 16.0 Å². The number of rotatable bonds is 10. The molecule has 33 heavy (non-hydrogen) atoms. The molecule has 1 unspecified atom stereocenters. The molecule has 8 heteroatoms. The lowest BCUT2D eigenvalue weighted by Gasteiger charge is -2.17. The first-order valence-corrected chi connectivity index (χ1v) is 12.0. The zero-order valence-electron chi connectivity index (χ0n) is 17.8. The Morgan fingerprint density at radius 1 is 1.06 bits per heavy atom. The molecule has 0 fully saturated rings. The predicted octanol–water partition coefficient (Wildman–Crippen LogP) is 4.59. The van der Waals surface area contributed by atoms with Gasteiger partial charge >= 0.3 is 0 Å². The summed E-state index contributed by atoms with van der Waals surface area (Å²) in [5.74, 6) is 0.366. The number of amides is 2. The first-order chi connectivity index (χ1) is 16.1. The molecule has 2 aromatic heterocycles. The number of carbonyl (C=O) groups is 2. The second-order valence-corrected chi connectivity index (χ2v) is 9.03. The maximum atomic E-state index is 12.9. The number of halogens is 1. The molecule has 6 nitrogen and oxygen atoms in total. The highest BCUT2D eigenvalue weighted by molar-refractivity contribution is 8.00. The number of nitrogens with one attached hydrogen (secondary N) is 3. The molecule has 2 heterocycles. The van der Waals surface area contributed by atoms with Gasteiger partial charge < -0.3 is 20.0 Å². The van der Waals surface area contributed by atoms with Crippen LogP contribution in [-0.2, 0) is 22.4 Å². The lowest BCUT2D eigenvalue weighted by atomic mass is 10.1. The van der Waals surface area contributed by atoms with Crippen molar-refractivity contribution >= 4 is 46.1 Å². The van der Waals surface area contributed by atoms with Crippen LogP contribution in [0.5, 0.6) is 0 Å². The third kappa shape index (κ3) is 6.43. The van der Waals surface area contributed by atoms with Crippen LogP contribution in [0.1, 0.15) is 11.3 Å². The molecule has 2 aromatic carbocycles. The van der Waals surface area contributed by atoms with Crippen molar-refractivity contribution in [3.8, 4) is 0 Å². The van der Waals surface area contributed by atoms with E-state index in [9.17, 15) is 9.59 Å². The minimum Gasteiger partial charge on any atom is -0.469 e. The molecule has 0 spiro atoms. The third-order valence-corrected chi connectivity index (χ3v) is 6.45. The summed E-state index contributed by atoms with van der Waals surface area (Å²) in [6.45, 7) is 0.463. The number of thioether (sulfide) groups is 1. The number of hydrogen-bond acceptors (Lipinski definition) is 4. The summed E-state index contributed by atoms with van der Waals surface area (Å²) in [7, 11) is 0. The fourth-order valence-electron chi connectivity index (χ4n) is 3.54. The average molecular weight is 482 g/mol. The number of H-pyrrole nitrogens is 1. The Morgan fingerprint density at radius 3 is 2.67 bits per heavy atom. The van der Waals surface area contributed by atoms with Crippen LogP contribution >= 0.6 is 23.4 Å². The van der Waals surface area contributed by atoms with E-state index in [1.165, 1.54) is 11.8 Å². The lowest BCUT2D eigenvalue weighted by molar-refractivity contribution is -0.127. The van der Waals surface area contributed by atoms with Gasteiger partial charge in [0.05, 0.1) is 12.0 Å². The van der Waals surface area contributed by atoms with E-state index < -0.39 is 6.04 Å². The summed E-state index contributed by atoms with van der Waals surface area (Å²) in [6.07, 6.45) is 4.49. The molecule has 4 aromatic rings. The van der Waals surface area contributed by atoms with Crippen LogP contribution in [0.2, 0.25) is 5.02 Å². The van der Waals surface area contributed by atoms with E-state index in [1.54, 1.807) is 30.5 Å². The highest BCUT2D eigenvalue weighted by Crippen LogP contribution is 2.20. The standard InChI is InChI=1S/C25H24ClN3O3S/c26-18-7-9-20(10-8-18)33-16-24(30)29-23(14-19-4-3-13-32-19)25(31)27-12-11-17-15-28-22-6-2-1-5-21(17)22/h1-10,13,15,23,28H,11-12,14,16H2,(H,27,31)(H,29,30). The van der Waals surface area contributed by atoms with Crippen molar-refractivity contribution in [3.05, 3.63) is 89.5 Å². The first kappa shape index (κ1) is 23.0. The zero-order chi connectivity index (χ0) is 23.0. The summed E-state index contributed by atoms with van der Waals surface area (Å²) in [5.41, 5.74) is 2.21. The number of aromatic nitrogens is 1. The molecular formula is C25H24ClN3O3S. The molecule has 0 aliphatic heterocycles. The molecule has 0 aliphatic carbocycles. The number of para-hydroxylation sites is 1. The molecule has 0 aliphatic rings. The van der Waals surface area contributed by atoms with Gasteiger partial charge in [-0.05, 0) is 54.4 Å². The summed E-state index contributed by atoms with van der Waals surface area (Å²) in [6, 6.07) is 18.2. The van der Waals surface area contributed by atoms with Gasteiger partial charge in [-0.2, -0.15) is 0 Å². The Morgan fingerprint density at radius 2 is 1.88 bits per heavy atom. The van der Waals surface area contributed by atoms with Crippen LogP contribution in [0, 0.1) is 0 Å². The minimum atomic E-state index is -0.725. The van der Waals surface area contributed by atoms with Crippen LogP contribution in [0.15, 0.2) is 82.4 Å². The largest absolute Gasteiger partial charge is 0.469 e. The quantitative estimate of drug-likeness (QED) is 0.289. The number of fused-ring (bicyclic) bond motifs is 1. The predicted molar refractivity (Wildman–Crippen MR) is 132 cm³/mol. The van der Waals surface area contributed by atoms with Crippen LogP contribution in [0.25, 0.3) is 10.9 Å². The maximum absolute atomic E-state index is 12.9. The van der Waals surface area contributed by atoms with Gasteiger partial charge in [-0.1, -0.05) is 29.8 Å². The first-order valence-electron chi connectivity index (χ1n) is 10.6. The molecule has 4 rings (SSSR count). The van der Waals surface area contributed by atoms with Crippen LogP contribution in [0.4, 0.5) is 0 Å². The van der Waals surface area contributed by atoms with Crippen molar-refractivity contribution in [2.45, 2.75) is 23.8 Å². The van der Waals surface area contributed by atoms with Crippen molar-refractivity contribution in [2.24, 2.45) is 0 Å². The van der Waals surface area contributed by atoms with Crippen molar-refractivity contribution < 1.29 is 14.0 Å². The maximum Gasteiger partial charge on any atom is 0.243 e. The summed E-state index contributed by atoms with van der Waals surface area (Å²) >= 11 is 7.29. The van der Waals surface area contributed by atoms with Gasteiger partial charge in [0.25, 0.3) is 0 Å². The Hall–Kier alpha value is -3.16. The SMILES string of the molecule is O=C(CSc1ccc(Cl)cc1)NC(Cc1ccco1)C(=O)NCCc1c[nH]c2ccccc12. The topological polar surface area (TPSA) is 87.1 Å². The van der Waals surface area contributed by atoms with Gasteiger partial charge in [-0.25, -0.2) is 0 Å². The van der Waals surface area contributed by atoms with Crippen molar-refractivity contribution in [3.63, 3.8) is 0 Å². The second-order valence-electron chi connectivity index (χ2n) is 7.55. The molecule has 0 saturated heterocycles. The van der Waals surface area contributed by atoms with E-state index in [0.717, 1.165) is 21.4 Å². The Kier molecular flexibility index (Phi) is 7.75. The monoisotopic (exact) mass is 481 g/mol. The van der Waals surface area contributed by atoms with Crippen molar-refractivity contribution in [1.82, 2.24) is 15.6 Å². The van der Waals surface area contributed by atoms with E-state index >= 15 is 0 Å². The van der Waals surface area contributed by atoms with E-state index in [0.29, 0.717) is 23.7 Å². The van der Waals surface area contributed by atoms with Crippen LogP contribution < -0.4 is 10.6 Å². The smallest absolute Gasteiger partial charge is 0.243 e. The number of aromatic amines is 1. The van der Waals surface area contributed by atoms with E-state index in [-0.39, 0.29) is 24.0 Å². The van der Waals surface area contributed by atoms with Gasteiger partial charge in [0, 0.05) is 40.0 Å². The molecule has 170 valence electrons. The molecular weight excluding hydrogens is 458 g/mol. The molecule has 0 saturated carbocycles. The van der Waals surface area contributed by atoms with Crippen LogP contribution in [-0.4, -0.2) is 35.1 Å². The highest BCUT2D eigenvalue weighted by Gasteiger charge is 2.22. The lowest BCUT2D eigenvalue weighted by Crippen LogP contribution is -2.48. The summed E-state index contributed by atoms with van der Waals surface area (Å²) in [5, 5.41) is 7.59. The van der Waals surface area contributed by atoms with Gasteiger partial charge in [0.2, 0.25) is 11.8 Å². The molecule has 1 atom stereocenters. The fourth-order valence-corrected chi connectivity index (χ4v) is 4.37. The third-order valence-electron chi connectivity index (χ3n) is 5.19. The number of carbonyl (C=O) groups excluding carboxylic acids is 2. The Labute approximate surface area is 201 Å². The number of hydrogen-bond donors (Lipinski definition) is 3.